The molecule has 2 aromatic rings. The van der Waals surface area contributed by atoms with Gasteiger partial charge in [-0.15, -0.1) is 0 Å². The molecule has 0 aliphatic heterocycles. The minimum Gasteiger partial charge on any atom is -0.493 e. The third-order valence-corrected chi connectivity index (χ3v) is 3.00. The fourth-order valence-corrected chi connectivity index (χ4v) is 2.07. The Kier molecular flexibility index (Phi) is 4.94. The molecular weight excluding hydrogens is 294 g/mol. The average Bonchev–Trinajstić information content (AvgIpc) is 2.96. The van der Waals surface area contributed by atoms with E-state index in [0.717, 1.165) is 5.56 Å². The molecule has 0 aliphatic rings. The number of hydrogen-bond donors (Lipinski definition) is 2. The molecule has 0 bridgehead atoms. The number of ether oxygens (including phenoxy) is 2. The average molecular weight is 310 g/mol. The molecule has 3 N–H and O–H groups in total. The van der Waals surface area contributed by atoms with Crippen LogP contribution in [0.5, 0.6) is 11.5 Å². The second-order valence-corrected chi connectivity index (χ2v) is 4.70. The first-order chi connectivity index (χ1) is 10.1. The molecule has 1 aromatic carbocycles. The zero-order valence-corrected chi connectivity index (χ0v) is 12.3. The molecule has 1 amide bonds. The lowest BCUT2D eigenvalue weighted by atomic mass is 10.2. The van der Waals surface area contributed by atoms with Crippen molar-refractivity contribution < 1.29 is 14.3 Å². The van der Waals surface area contributed by atoms with E-state index >= 15 is 0 Å². The molecule has 0 radical (unpaired) electrons. The minimum atomic E-state index is -0.577. The van der Waals surface area contributed by atoms with Crippen molar-refractivity contribution in [2.45, 2.75) is 6.54 Å². The van der Waals surface area contributed by atoms with Gasteiger partial charge in [-0.05, 0) is 29.8 Å². The van der Waals surface area contributed by atoms with Crippen LogP contribution in [0.3, 0.4) is 0 Å². The van der Waals surface area contributed by atoms with Crippen molar-refractivity contribution in [1.82, 2.24) is 4.68 Å². The molecule has 2 rings (SSSR count). The fourth-order valence-electron chi connectivity index (χ4n) is 1.78. The van der Waals surface area contributed by atoms with Gasteiger partial charge in [0.15, 0.2) is 18.1 Å². The van der Waals surface area contributed by atoms with Crippen LogP contribution in [0.4, 0.5) is 0 Å². The second kappa shape index (κ2) is 6.90. The number of nitrogens with two attached hydrogens (primary N) is 1. The quantitative estimate of drug-likeness (QED) is 0.817. The van der Waals surface area contributed by atoms with Gasteiger partial charge in [-0.1, -0.05) is 11.6 Å². The molecule has 0 aliphatic carbocycles. The van der Waals surface area contributed by atoms with Crippen molar-refractivity contribution in [3.63, 3.8) is 0 Å². The predicted octanol–water partition coefficient (Wildman–Crippen LogP) is 1.76. The molecule has 0 saturated heterocycles. The van der Waals surface area contributed by atoms with Crippen molar-refractivity contribution >= 4 is 17.5 Å². The molecule has 0 saturated carbocycles. The van der Waals surface area contributed by atoms with Gasteiger partial charge in [-0.2, -0.15) is 0 Å². The molecule has 21 heavy (non-hydrogen) atoms. The molecule has 1 aromatic heterocycles. The molecule has 0 atom stereocenters. The Balaban J connectivity index is 2.13. The largest absolute Gasteiger partial charge is 0.493 e. The third kappa shape index (κ3) is 4.06. The van der Waals surface area contributed by atoms with E-state index in [4.69, 9.17) is 26.8 Å². The summed E-state index contributed by atoms with van der Waals surface area (Å²) in [6.07, 6.45) is 3.78. The topological polar surface area (TPSA) is 78.5 Å². The summed E-state index contributed by atoms with van der Waals surface area (Å²) < 4.78 is 12.3. The lowest BCUT2D eigenvalue weighted by Gasteiger charge is -2.14. The Morgan fingerprint density at radius 3 is 2.71 bits per heavy atom. The summed E-state index contributed by atoms with van der Waals surface area (Å²) in [5.74, 6) is 0.183. The highest BCUT2D eigenvalue weighted by molar-refractivity contribution is 6.32. The Bertz CT molecular complexity index is 614. The molecule has 7 heteroatoms. The van der Waals surface area contributed by atoms with E-state index in [1.807, 2.05) is 29.2 Å². The highest BCUT2D eigenvalue weighted by Gasteiger charge is 2.13. The summed E-state index contributed by atoms with van der Waals surface area (Å²) in [6.45, 7) is 0.303. The van der Waals surface area contributed by atoms with Crippen molar-refractivity contribution in [3.8, 4) is 11.5 Å². The first-order valence-electron chi connectivity index (χ1n) is 6.24. The summed E-state index contributed by atoms with van der Waals surface area (Å²) in [4.78, 5) is 10.8. The number of benzene rings is 1. The van der Waals surface area contributed by atoms with Crippen LogP contribution in [0.1, 0.15) is 5.56 Å². The van der Waals surface area contributed by atoms with Gasteiger partial charge in [-0.3, -0.25) is 9.47 Å². The maximum atomic E-state index is 10.8. The summed E-state index contributed by atoms with van der Waals surface area (Å²) >= 11 is 6.17. The predicted molar refractivity (Wildman–Crippen MR) is 80.2 cm³/mol. The van der Waals surface area contributed by atoms with Crippen molar-refractivity contribution in [1.29, 1.82) is 0 Å². The maximum Gasteiger partial charge on any atom is 0.255 e. The highest BCUT2D eigenvalue weighted by atomic mass is 35.5. The zero-order chi connectivity index (χ0) is 15.2. The van der Waals surface area contributed by atoms with Crippen LogP contribution >= 0.6 is 11.6 Å². The molecule has 6 nitrogen and oxygen atoms in total. The van der Waals surface area contributed by atoms with Gasteiger partial charge in [0.2, 0.25) is 0 Å². The van der Waals surface area contributed by atoms with E-state index in [0.29, 0.717) is 23.1 Å². The van der Waals surface area contributed by atoms with Crippen LogP contribution in [0.25, 0.3) is 0 Å². The van der Waals surface area contributed by atoms with E-state index in [-0.39, 0.29) is 6.61 Å². The lowest BCUT2D eigenvalue weighted by Crippen LogP contribution is -2.20. The first kappa shape index (κ1) is 15.1. The summed E-state index contributed by atoms with van der Waals surface area (Å²) in [7, 11) is 1.51. The highest BCUT2D eigenvalue weighted by Crippen LogP contribution is 2.36. The van der Waals surface area contributed by atoms with Crippen molar-refractivity contribution in [2.24, 2.45) is 5.73 Å². The minimum absolute atomic E-state index is 0.253. The first-order valence-corrected chi connectivity index (χ1v) is 6.62. The number of primary amides is 1. The van der Waals surface area contributed by atoms with Gasteiger partial charge in [0.25, 0.3) is 5.91 Å². The van der Waals surface area contributed by atoms with Gasteiger partial charge in [0.05, 0.1) is 18.7 Å². The molecule has 0 spiro atoms. The second-order valence-electron chi connectivity index (χ2n) is 4.29. The summed E-state index contributed by atoms with van der Waals surface area (Å²) in [5.41, 5.74) is 9.14. The summed E-state index contributed by atoms with van der Waals surface area (Å²) in [6, 6.07) is 7.37. The van der Waals surface area contributed by atoms with Crippen molar-refractivity contribution in [3.05, 3.63) is 47.2 Å². The molecule has 0 fully saturated rings. The number of nitrogens with zero attached hydrogens (tertiary/aromatic N) is 1. The van der Waals surface area contributed by atoms with Crippen molar-refractivity contribution in [2.75, 3.05) is 19.1 Å². The third-order valence-electron chi connectivity index (χ3n) is 2.72. The lowest BCUT2D eigenvalue weighted by molar-refractivity contribution is -0.119. The number of hydrogen-bond acceptors (Lipinski definition) is 4. The number of amides is 1. The number of carbonyl (C=O) groups excluding carboxylic acids is 1. The number of carbonyl (C=O) groups is 1. The maximum absolute atomic E-state index is 10.8. The van der Waals surface area contributed by atoms with Crippen LogP contribution < -0.4 is 20.6 Å². The number of nitrogens with one attached hydrogen (secondary N) is 1. The SMILES string of the molecule is COc1cc(CNn2cccc2)cc(Cl)c1OCC(N)=O. The molecule has 112 valence electrons. The van der Waals surface area contributed by atoms with Gasteiger partial charge in [0, 0.05) is 12.4 Å². The number of halogens is 1. The van der Waals surface area contributed by atoms with E-state index in [9.17, 15) is 4.79 Å². The van der Waals surface area contributed by atoms with E-state index in [2.05, 4.69) is 5.43 Å². The summed E-state index contributed by atoms with van der Waals surface area (Å²) in [5, 5.41) is 0.361. The van der Waals surface area contributed by atoms with Gasteiger partial charge >= 0.3 is 0 Å². The number of rotatable bonds is 7. The van der Waals surface area contributed by atoms with E-state index in [1.165, 1.54) is 7.11 Å². The molecule has 0 unspecified atom stereocenters. The Morgan fingerprint density at radius 1 is 1.38 bits per heavy atom. The smallest absolute Gasteiger partial charge is 0.255 e. The molecule has 1 heterocycles. The van der Waals surface area contributed by atoms with Gasteiger partial charge in [-0.25, -0.2) is 0 Å². The molecular formula is C14H16ClN3O3. The van der Waals surface area contributed by atoms with Gasteiger partial charge in [0.1, 0.15) is 0 Å². The number of methoxy groups -OCH3 is 1. The van der Waals surface area contributed by atoms with Crippen LogP contribution in [0.2, 0.25) is 5.02 Å². The van der Waals surface area contributed by atoms with Crippen LogP contribution in [-0.2, 0) is 11.3 Å². The number of aromatic nitrogens is 1. The van der Waals surface area contributed by atoms with Crippen LogP contribution in [-0.4, -0.2) is 24.3 Å². The standard InChI is InChI=1S/C14H16ClN3O3/c1-20-12-7-10(8-17-18-4-2-3-5-18)6-11(15)14(12)21-9-13(16)19/h2-7,17H,8-9H2,1H3,(H2,16,19). The fraction of sp³-hybridized carbons (Fsp3) is 0.214. The Morgan fingerprint density at radius 2 is 2.10 bits per heavy atom. The van der Waals surface area contributed by atoms with Crippen LogP contribution in [0, 0.1) is 0 Å². The van der Waals surface area contributed by atoms with E-state index < -0.39 is 5.91 Å². The Hall–Kier alpha value is -2.34. The zero-order valence-electron chi connectivity index (χ0n) is 11.5. The normalized spacial score (nSPS) is 10.2. The van der Waals surface area contributed by atoms with E-state index in [1.54, 1.807) is 12.1 Å². The van der Waals surface area contributed by atoms with Gasteiger partial charge < -0.3 is 20.6 Å². The monoisotopic (exact) mass is 309 g/mol. The van der Waals surface area contributed by atoms with Crippen LogP contribution in [0.15, 0.2) is 36.7 Å². The Labute approximate surface area is 127 Å².